The topological polar surface area (TPSA) is 51.8 Å². The Kier molecular flexibility index (Phi) is 6.29. The molecule has 116 valence electrons. The van der Waals surface area contributed by atoms with Crippen LogP contribution in [0.25, 0.3) is 21.8 Å². The summed E-state index contributed by atoms with van der Waals surface area (Å²) in [6.45, 7) is 0. The van der Waals surface area contributed by atoms with Crippen LogP contribution in [-0.4, -0.2) is 9.97 Å². The molecule has 23 heavy (non-hydrogen) atoms. The van der Waals surface area contributed by atoms with Crippen molar-refractivity contribution in [2.24, 2.45) is 0 Å². The molecule has 0 aliphatic carbocycles. The number of thiophene rings is 1. The maximum Gasteiger partial charge on any atom is 2.00 e. The largest absolute Gasteiger partial charge is 2.00 e. The number of nitrogens with two attached hydrogens (primary N) is 1. The molecule has 0 bridgehead atoms. The fourth-order valence-electron chi connectivity index (χ4n) is 2.03. The summed E-state index contributed by atoms with van der Waals surface area (Å²) in [5, 5.41) is 2.02. The molecule has 2 aromatic heterocycles. The molecule has 2 N–H and O–H groups in total. The number of rotatable bonds is 2. The first-order chi connectivity index (χ1) is 10.8. The van der Waals surface area contributed by atoms with Crippen LogP contribution in [0.1, 0.15) is 0 Å². The summed E-state index contributed by atoms with van der Waals surface area (Å²) in [5.41, 5.74) is 8.57. The van der Waals surface area contributed by atoms with Crippen LogP contribution in [0.15, 0.2) is 78.2 Å². The number of nitrogens with zero attached hydrogens (tertiary/aromatic N) is 2. The van der Waals surface area contributed by atoms with Gasteiger partial charge >= 0.3 is 17.1 Å². The molecule has 2 aromatic carbocycles. The van der Waals surface area contributed by atoms with Crippen molar-refractivity contribution in [3.63, 3.8) is 0 Å². The number of nitrogen functional groups attached to an aromatic ring is 1. The van der Waals surface area contributed by atoms with Crippen molar-refractivity contribution in [1.82, 2.24) is 9.97 Å². The van der Waals surface area contributed by atoms with Crippen molar-refractivity contribution in [2.75, 3.05) is 5.73 Å². The van der Waals surface area contributed by atoms with Crippen molar-refractivity contribution in [3.8, 4) is 21.8 Å². The molecule has 0 unspecified atom stereocenters. The average Bonchev–Trinajstić information content (AvgIpc) is 3.31. The predicted octanol–water partition coefficient (Wildman–Crippen LogP) is 4.58. The summed E-state index contributed by atoms with van der Waals surface area (Å²) < 4.78 is 0. The van der Waals surface area contributed by atoms with E-state index >= 15 is 0 Å². The molecule has 2 heterocycles. The summed E-state index contributed by atoms with van der Waals surface area (Å²) in [4.78, 5) is 9.62. The summed E-state index contributed by atoms with van der Waals surface area (Å²) in [6.07, 6.45) is 0. The van der Waals surface area contributed by atoms with Crippen LogP contribution < -0.4 is 5.73 Å². The first-order valence-corrected chi connectivity index (χ1v) is 7.78. The van der Waals surface area contributed by atoms with Gasteiger partial charge in [0, 0.05) is 10.6 Å². The number of hydrogen-bond donors (Lipinski definition) is 1. The monoisotopic (exact) mass is 361 g/mol. The Hall–Kier alpha value is -2.20. The van der Waals surface area contributed by atoms with Gasteiger partial charge in [-0.3, -0.25) is 0 Å². The van der Waals surface area contributed by atoms with Crippen LogP contribution in [0.5, 0.6) is 0 Å². The van der Waals surface area contributed by atoms with Gasteiger partial charge in [0.05, 0.1) is 0 Å². The summed E-state index contributed by atoms with van der Waals surface area (Å²) >= 11 is 1.64. The van der Waals surface area contributed by atoms with E-state index in [-0.39, 0.29) is 17.1 Å². The zero-order valence-electron chi connectivity index (χ0n) is 12.2. The first-order valence-electron chi connectivity index (χ1n) is 6.90. The van der Waals surface area contributed by atoms with Gasteiger partial charge in [0.25, 0.3) is 0 Å². The van der Waals surface area contributed by atoms with Gasteiger partial charge in [0.1, 0.15) is 0 Å². The molecule has 0 amide bonds. The molecular weight excluding hydrogens is 346 g/mol. The minimum atomic E-state index is 0. The summed E-state index contributed by atoms with van der Waals surface area (Å²) in [7, 11) is 0. The molecule has 0 saturated carbocycles. The van der Waals surface area contributed by atoms with Crippen LogP contribution in [0.4, 0.5) is 5.95 Å². The van der Waals surface area contributed by atoms with Crippen molar-refractivity contribution in [2.45, 2.75) is 0 Å². The van der Waals surface area contributed by atoms with E-state index in [9.17, 15) is 0 Å². The van der Waals surface area contributed by atoms with E-state index in [0.29, 0.717) is 5.95 Å². The molecule has 3 nitrogen and oxygen atoms in total. The SMILES string of the molecule is Nc1nc(-c2cccs2)cc(-[c-]2cccc2)n1.[Fe+2].c1cc[cH-]c1. The molecule has 0 atom stereocenters. The Morgan fingerprint density at radius 1 is 1.00 bits per heavy atom. The number of anilines is 1. The van der Waals surface area contributed by atoms with Crippen molar-refractivity contribution in [1.29, 1.82) is 0 Å². The minimum Gasteiger partial charge on any atom is -0.368 e. The van der Waals surface area contributed by atoms with Crippen molar-refractivity contribution >= 4 is 17.3 Å². The standard InChI is InChI=1S/C13H10N3S.C5H5.Fe/c14-13-15-10(9-4-1-2-5-9)8-11(16-13)12-6-3-7-17-12;1-2-4-5-3-1;/h1-8H,(H2,14,15,16);1-5H;/q2*-1;+2. The molecule has 0 radical (unpaired) electrons. The fraction of sp³-hybridized carbons (Fsp3) is 0. The molecular formula is C18H15FeN3S. The Morgan fingerprint density at radius 3 is 2.30 bits per heavy atom. The van der Waals surface area contributed by atoms with E-state index in [1.165, 1.54) is 0 Å². The van der Waals surface area contributed by atoms with Crippen LogP contribution in [0, 0.1) is 0 Å². The second-order valence-corrected chi connectivity index (χ2v) is 5.56. The van der Waals surface area contributed by atoms with E-state index in [2.05, 4.69) is 9.97 Å². The fourth-order valence-corrected chi connectivity index (χ4v) is 2.72. The Balaban J connectivity index is 0.000000276. The van der Waals surface area contributed by atoms with Gasteiger partial charge < -0.3 is 5.73 Å². The van der Waals surface area contributed by atoms with E-state index in [4.69, 9.17) is 5.73 Å². The maximum atomic E-state index is 5.75. The zero-order valence-corrected chi connectivity index (χ0v) is 14.2. The van der Waals surface area contributed by atoms with Crippen LogP contribution in [0.2, 0.25) is 0 Å². The Bertz CT molecular complexity index is 721. The third-order valence-corrected chi connectivity index (χ3v) is 3.92. The van der Waals surface area contributed by atoms with Crippen LogP contribution in [0.3, 0.4) is 0 Å². The Morgan fingerprint density at radius 2 is 1.74 bits per heavy atom. The van der Waals surface area contributed by atoms with E-state index in [1.54, 1.807) is 11.3 Å². The van der Waals surface area contributed by atoms with Crippen molar-refractivity contribution < 1.29 is 17.1 Å². The van der Waals surface area contributed by atoms with Gasteiger partial charge in [0.15, 0.2) is 0 Å². The summed E-state index contributed by atoms with van der Waals surface area (Å²) in [5.74, 6) is 0.312. The van der Waals surface area contributed by atoms with Gasteiger partial charge in [0.2, 0.25) is 5.95 Å². The van der Waals surface area contributed by atoms with Crippen molar-refractivity contribution in [3.05, 3.63) is 78.2 Å². The molecule has 4 rings (SSSR count). The second kappa shape index (κ2) is 8.44. The molecule has 0 fully saturated rings. The smallest absolute Gasteiger partial charge is 0.368 e. The third-order valence-electron chi connectivity index (χ3n) is 3.03. The molecule has 0 saturated heterocycles. The van der Waals surface area contributed by atoms with E-state index < -0.39 is 0 Å². The van der Waals surface area contributed by atoms with E-state index in [0.717, 1.165) is 21.8 Å². The first kappa shape index (κ1) is 17.2. The van der Waals surface area contributed by atoms with Gasteiger partial charge in [-0.2, -0.15) is 30.3 Å². The average molecular weight is 361 g/mol. The Labute approximate surface area is 150 Å². The number of aromatic nitrogens is 2. The number of hydrogen-bond acceptors (Lipinski definition) is 4. The predicted molar refractivity (Wildman–Crippen MR) is 92.8 cm³/mol. The van der Waals surface area contributed by atoms with Gasteiger partial charge in [-0.25, -0.2) is 22.1 Å². The quantitative estimate of drug-likeness (QED) is 0.420. The van der Waals surface area contributed by atoms with Crippen LogP contribution >= 0.6 is 11.3 Å². The molecule has 0 spiro atoms. The normalized spacial score (nSPS) is 9.57. The summed E-state index contributed by atoms with van der Waals surface area (Å²) in [6, 6.07) is 24.0. The minimum absolute atomic E-state index is 0. The van der Waals surface area contributed by atoms with Gasteiger partial charge in [-0.15, -0.1) is 23.5 Å². The second-order valence-electron chi connectivity index (χ2n) is 4.61. The van der Waals surface area contributed by atoms with Gasteiger partial charge in [-0.1, -0.05) is 17.7 Å². The van der Waals surface area contributed by atoms with Crippen LogP contribution in [-0.2, 0) is 17.1 Å². The molecule has 4 aromatic rings. The third kappa shape index (κ3) is 4.63. The van der Waals surface area contributed by atoms with Gasteiger partial charge in [-0.05, 0) is 17.1 Å². The van der Waals surface area contributed by atoms with E-state index in [1.807, 2.05) is 78.2 Å². The zero-order chi connectivity index (χ0) is 15.2. The maximum absolute atomic E-state index is 5.75. The molecule has 5 heteroatoms. The molecule has 0 aliphatic heterocycles. The molecule has 0 aliphatic rings.